The van der Waals surface area contributed by atoms with Crippen molar-refractivity contribution in [1.82, 2.24) is 24.8 Å². The van der Waals surface area contributed by atoms with Gasteiger partial charge in [-0.1, -0.05) is 0 Å². The third-order valence-electron chi connectivity index (χ3n) is 4.94. The van der Waals surface area contributed by atoms with Gasteiger partial charge in [-0.3, -0.25) is 9.78 Å². The number of benzene rings is 1. The highest BCUT2D eigenvalue weighted by atomic mass is 19.4. The van der Waals surface area contributed by atoms with E-state index in [2.05, 4.69) is 19.9 Å². The van der Waals surface area contributed by atoms with Gasteiger partial charge in [0.25, 0.3) is 0 Å². The fraction of sp³-hybridized carbons (Fsp3) is 0.192. The molecule has 0 aliphatic heterocycles. The molecule has 12 heteroatoms. The number of ether oxygens (including phenoxy) is 2. The van der Waals surface area contributed by atoms with E-state index < -0.39 is 11.7 Å². The van der Waals surface area contributed by atoms with Gasteiger partial charge in [0.05, 0.1) is 30.3 Å². The van der Waals surface area contributed by atoms with Crippen LogP contribution in [0.4, 0.5) is 13.2 Å². The standard InChI is InChI=1S/C23H16F3N5O2.C3H7NO/c1-32-21-8-18(33-13-17-5-3-15(11-29-17)23(24,25)26)6-7-19(21)20-12-30-22(31-20)14-2-4-16(9-27)28-10-14;1-4(2)3-5/h2-8,10-12H,13H2,1H3,(H,30,31);3H,1-2H3. The summed E-state index contributed by atoms with van der Waals surface area (Å²) in [4.78, 5) is 26.3. The minimum Gasteiger partial charge on any atom is -0.496 e. The molecule has 38 heavy (non-hydrogen) atoms. The zero-order chi connectivity index (χ0) is 27.7. The number of imidazole rings is 1. The molecule has 0 saturated carbocycles. The van der Waals surface area contributed by atoms with E-state index in [1.807, 2.05) is 6.07 Å². The number of H-pyrrole nitrogens is 1. The second-order valence-corrected chi connectivity index (χ2v) is 7.95. The average Bonchev–Trinajstić information content (AvgIpc) is 3.42. The zero-order valence-corrected chi connectivity index (χ0v) is 20.7. The van der Waals surface area contributed by atoms with Crippen LogP contribution in [-0.4, -0.2) is 52.5 Å². The number of hydrogen-bond donors (Lipinski definition) is 1. The predicted octanol–water partition coefficient (Wildman–Crippen LogP) is 4.72. The third-order valence-corrected chi connectivity index (χ3v) is 4.94. The van der Waals surface area contributed by atoms with Crippen molar-refractivity contribution in [3.05, 3.63) is 78.0 Å². The molecule has 196 valence electrons. The fourth-order valence-corrected chi connectivity index (χ4v) is 3.02. The van der Waals surface area contributed by atoms with Crippen molar-refractivity contribution in [3.63, 3.8) is 0 Å². The van der Waals surface area contributed by atoms with Gasteiger partial charge in [0.2, 0.25) is 6.41 Å². The van der Waals surface area contributed by atoms with Crippen LogP contribution in [0.5, 0.6) is 11.5 Å². The van der Waals surface area contributed by atoms with E-state index in [0.29, 0.717) is 34.4 Å². The number of nitrogens with zero attached hydrogens (tertiary/aromatic N) is 5. The highest BCUT2D eigenvalue weighted by Crippen LogP contribution is 2.34. The Bertz CT molecular complexity index is 1400. The van der Waals surface area contributed by atoms with Crippen molar-refractivity contribution in [2.24, 2.45) is 0 Å². The van der Waals surface area contributed by atoms with Gasteiger partial charge in [-0.15, -0.1) is 0 Å². The number of nitriles is 1. The molecule has 0 unspecified atom stereocenters. The highest BCUT2D eigenvalue weighted by molar-refractivity contribution is 5.70. The number of rotatable bonds is 7. The van der Waals surface area contributed by atoms with Crippen molar-refractivity contribution in [2.45, 2.75) is 12.8 Å². The van der Waals surface area contributed by atoms with Gasteiger partial charge in [0, 0.05) is 43.7 Å². The largest absolute Gasteiger partial charge is 0.496 e. The monoisotopic (exact) mass is 524 g/mol. The molecule has 0 fully saturated rings. The van der Waals surface area contributed by atoms with Gasteiger partial charge in [-0.25, -0.2) is 9.97 Å². The number of hydrogen-bond acceptors (Lipinski definition) is 7. The van der Waals surface area contributed by atoms with Crippen LogP contribution < -0.4 is 9.47 Å². The number of alkyl halides is 3. The summed E-state index contributed by atoms with van der Waals surface area (Å²) in [6, 6.07) is 12.7. The zero-order valence-electron chi connectivity index (χ0n) is 20.7. The summed E-state index contributed by atoms with van der Waals surface area (Å²) in [5, 5.41) is 8.87. The molecule has 1 amide bonds. The van der Waals surface area contributed by atoms with Crippen LogP contribution in [-0.2, 0) is 17.6 Å². The van der Waals surface area contributed by atoms with Crippen molar-refractivity contribution in [3.8, 4) is 40.2 Å². The lowest BCUT2D eigenvalue weighted by atomic mass is 10.1. The number of aromatic nitrogens is 4. The summed E-state index contributed by atoms with van der Waals surface area (Å²) < 4.78 is 49.1. The maximum absolute atomic E-state index is 12.7. The highest BCUT2D eigenvalue weighted by Gasteiger charge is 2.30. The van der Waals surface area contributed by atoms with Gasteiger partial charge < -0.3 is 19.4 Å². The molecule has 0 atom stereocenters. The number of methoxy groups -OCH3 is 1. The molecule has 0 radical (unpaired) electrons. The SMILES string of the molecule is CN(C)C=O.COc1cc(OCc2ccc(C(F)(F)F)cn2)ccc1-c1cnc(-c2ccc(C#N)nc2)[nH]1. The summed E-state index contributed by atoms with van der Waals surface area (Å²) in [6.07, 6.45) is 0.308. The number of carbonyl (C=O) groups excluding carboxylic acids is 1. The first-order valence-electron chi connectivity index (χ1n) is 11.0. The van der Waals surface area contributed by atoms with Crippen molar-refractivity contribution >= 4 is 6.41 Å². The molecule has 9 nitrogen and oxygen atoms in total. The molecule has 0 aliphatic rings. The molecular formula is C26H23F3N6O3. The first-order valence-corrected chi connectivity index (χ1v) is 11.0. The van der Waals surface area contributed by atoms with E-state index in [1.54, 1.807) is 56.8 Å². The number of carbonyl (C=O) groups is 1. The summed E-state index contributed by atoms with van der Waals surface area (Å²) in [7, 11) is 4.89. The number of nitrogens with one attached hydrogen (secondary N) is 1. The first-order chi connectivity index (χ1) is 18.1. The van der Waals surface area contributed by atoms with Crippen LogP contribution in [0.1, 0.15) is 17.0 Å². The van der Waals surface area contributed by atoms with Gasteiger partial charge in [0.1, 0.15) is 35.7 Å². The van der Waals surface area contributed by atoms with Gasteiger partial charge >= 0.3 is 6.18 Å². The molecule has 3 aromatic heterocycles. The van der Waals surface area contributed by atoms with Crippen LogP contribution >= 0.6 is 0 Å². The molecule has 4 aromatic rings. The van der Waals surface area contributed by atoms with Crippen molar-refractivity contribution in [2.75, 3.05) is 21.2 Å². The Morgan fingerprint density at radius 1 is 1.05 bits per heavy atom. The summed E-state index contributed by atoms with van der Waals surface area (Å²) >= 11 is 0. The molecular weight excluding hydrogens is 501 g/mol. The smallest absolute Gasteiger partial charge is 0.417 e. The van der Waals surface area contributed by atoms with Gasteiger partial charge in [-0.2, -0.15) is 18.4 Å². The third kappa shape index (κ3) is 7.30. The van der Waals surface area contributed by atoms with E-state index in [0.717, 1.165) is 29.8 Å². The lowest BCUT2D eigenvalue weighted by Gasteiger charge is -2.11. The topological polar surface area (TPSA) is 117 Å². The molecule has 1 aromatic carbocycles. The van der Waals surface area contributed by atoms with E-state index in [1.165, 1.54) is 18.1 Å². The van der Waals surface area contributed by atoms with Crippen LogP contribution in [0.3, 0.4) is 0 Å². The van der Waals surface area contributed by atoms with E-state index in [-0.39, 0.29) is 6.61 Å². The molecule has 4 rings (SSSR count). The summed E-state index contributed by atoms with van der Waals surface area (Å²) in [5.41, 5.74) is 2.02. The van der Waals surface area contributed by atoms with Crippen molar-refractivity contribution < 1.29 is 27.4 Å². The number of aromatic amines is 1. The maximum atomic E-state index is 12.7. The molecule has 0 bridgehead atoms. The predicted molar refractivity (Wildman–Crippen MR) is 132 cm³/mol. The second-order valence-electron chi connectivity index (χ2n) is 7.95. The Morgan fingerprint density at radius 2 is 1.82 bits per heavy atom. The number of halogens is 3. The normalized spacial score (nSPS) is 10.6. The van der Waals surface area contributed by atoms with E-state index in [4.69, 9.17) is 14.7 Å². The van der Waals surface area contributed by atoms with Crippen LogP contribution in [0.15, 0.2) is 61.1 Å². The van der Waals surface area contributed by atoms with E-state index in [9.17, 15) is 18.0 Å². The molecule has 0 aliphatic carbocycles. The van der Waals surface area contributed by atoms with Crippen LogP contribution in [0, 0.1) is 11.3 Å². The Balaban J connectivity index is 0.000000732. The minimum atomic E-state index is -4.43. The Labute approximate surface area is 216 Å². The summed E-state index contributed by atoms with van der Waals surface area (Å²) in [5.74, 6) is 1.56. The lowest BCUT2D eigenvalue weighted by molar-refractivity contribution is -0.137. The van der Waals surface area contributed by atoms with Gasteiger partial charge in [0.15, 0.2) is 0 Å². The number of amides is 1. The fourth-order valence-electron chi connectivity index (χ4n) is 3.02. The average molecular weight is 525 g/mol. The van der Waals surface area contributed by atoms with Crippen molar-refractivity contribution in [1.29, 1.82) is 5.26 Å². The molecule has 3 heterocycles. The van der Waals surface area contributed by atoms with Crippen LogP contribution in [0.2, 0.25) is 0 Å². The minimum absolute atomic E-state index is 0.000532. The Kier molecular flexibility index (Phi) is 8.99. The Morgan fingerprint density at radius 3 is 2.37 bits per heavy atom. The van der Waals surface area contributed by atoms with Gasteiger partial charge in [-0.05, 0) is 36.4 Å². The lowest BCUT2D eigenvalue weighted by Crippen LogP contribution is -2.06. The Hall–Kier alpha value is -4.92. The second kappa shape index (κ2) is 12.4. The maximum Gasteiger partial charge on any atom is 0.417 e. The summed E-state index contributed by atoms with van der Waals surface area (Å²) in [6.45, 7) is 0.000532. The van der Waals surface area contributed by atoms with E-state index >= 15 is 0 Å². The molecule has 0 saturated heterocycles. The molecule has 0 spiro atoms. The number of pyridine rings is 2. The molecule has 1 N–H and O–H groups in total. The van der Waals surface area contributed by atoms with Crippen LogP contribution in [0.25, 0.3) is 22.6 Å². The quantitative estimate of drug-likeness (QED) is 0.348. The first kappa shape index (κ1) is 27.7.